The number of nitrogens with one attached hydrogen (secondary N) is 1. The van der Waals surface area contributed by atoms with Gasteiger partial charge in [-0.1, -0.05) is 11.4 Å². The van der Waals surface area contributed by atoms with Crippen LogP contribution in [0.4, 0.5) is 0 Å². The summed E-state index contributed by atoms with van der Waals surface area (Å²) in [6, 6.07) is 0. The van der Waals surface area contributed by atoms with Gasteiger partial charge < -0.3 is 15.2 Å². The zero-order chi connectivity index (χ0) is 13.2. The average molecular weight is 271 g/mol. The second-order valence-corrected chi connectivity index (χ2v) is 5.21. The van der Waals surface area contributed by atoms with Crippen LogP contribution in [-0.4, -0.2) is 45.5 Å². The van der Waals surface area contributed by atoms with Gasteiger partial charge in [0.1, 0.15) is 10.5 Å². The molecule has 1 amide bonds. The molecule has 2 atom stereocenters. The first-order chi connectivity index (χ1) is 8.57. The topological polar surface area (TPSA) is 84.3 Å². The van der Waals surface area contributed by atoms with Crippen LogP contribution in [0.15, 0.2) is 0 Å². The number of aryl methyl sites for hydroxylation is 1. The van der Waals surface area contributed by atoms with Gasteiger partial charge in [-0.25, -0.2) is 0 Å². The first-order valence-corrected chi connectivity index (χ1v) is 6.77. The highest BCUT2D eigenvalue weighted by molar-refractivity contribution is 7.08. The summed E-state index contributed by atoms with van der Waals surface area (Å²) in [5, 5.41) is 16.9. The molecule has 1 aliphatic heterocycles. The molecule has 2 rings (SSSR count). The fraction of sp³-hybridized carbons (Fsp3) is 0.727. The van der Waals surface area contributed by atoms with E-state index in [9.17, 15) is 9.90 Å². The molecule has 0 bridgehead atoms. The summed E-state index contributed by atoms with van der Waals surface area (Å²) < 4.78 is 9.08. The van der Waals surface area contributed by atoms with E-state index in [1.54, 1.807) is 0 Å². The van der Waals surface area contributed by atoms with Gasteiger partial charge in [0.05, 0.1) is 11.8 Å². The Labute approximate surface area is 110 Å². The minimum absolute atomic E-state index is 0.189. The van der Waals surface area contributed by atoms with Crippen molar-refractivity contribution in [2.24, 2.45) is 0 Å². The Morgan fingerprint density at radius 2 is 2.50 bits per heavy atom. The third kappa shape index (κ3) is 2.52. The number of aromatic nitrogens is 2. The molecule has 18 heavy (non-hydrogen) atoms. The summed E-state index contributed by atoms with van der Waals surface area (Å²) >= 11 is 1.08. The molecule has 2 unspecified atom stereocenters. The second-order valence-electron chi connectivity index (χ2n) is 4.45. The molecule has 1 saturated heterocycles. The van der Waals surface area contributed by atoms with Gasteiger partial charge in [-0.05, 0) is 24.9 Å². The Hall–Kier alpha value is -1.05. The first kappa shape index (κ1) is 13.4. The highest BCUT2D eigenvalue weighted by atomic mass is 32.1. The molecule has 0 radical (unpaired) electrons. The lowest BCUT2D eigenvalue weighted by atomic mass is 9.97. The SMILES string of the molecule is CCc1nnsc1C(=O)NCC1(O)CCOC1C. The standard InChI is InChI=1S/C11H17N3O3S/c1-3-8-9(18-14-13-8)10(15)12-6-11(16)4-5-17-7(11)2/h7,16H,3-6H2,1-2H3,(H,12,15). The van der Waals surface area contributed by atoms with Crippen LogP contribution in [0.25, 0.3) is 0 Å². The number of carbonyl (C=O) groups is 1. The largest absolute Gasteiger partial charge is 0.385 e. The maximum absolute atomic E-state index is 12.0. The number of ether oxygens (including phenoxy) is 1. The van der Waals surface area contributed by atoms with Crippen molar-refractivity contribution in [2.75, 3.05) is 13.2 Å². The van der Waals surface area contributed by atoms with E-state index in [1.165, 1.54) is 0 Å². The Morgan fingerprint density at radius 3 is 3.11 bits per heavy atom. The third-order valence-electron chi connectivity index (χ3n) is 3.31. The van der Waals surface area contributed by atoms with E-state index in [2.05, 4.69) is 14.9 Å². The fourth-order valence-corrected chi connectivity index (χ4v) is 2.60. The number of carbonyl (C=O) groups excluding carboxylic acids is 1. The van der Waals surface area contributed by atoms with Crippen LogP contribution in [-0.2, 0) is 11.2 Å². The molecule has 0 aliphatic carbocycles. The monoisotopic (exact) mass is 271 g/mol. The number of aliphatic hydroxyl groups is 1. The van der Waals surface area contributed by atoms with Crippen LogP contribution < -0.4 is 5.32 Å². The molecule has 6 nitrogen and oxygen atoms in total. The summed E-state index contributed by atoms with van der Waals surface area (Å²) in [6.45, 7) is 4.45. The quantitative estimate of drug-likeness (QED) is 0.826. The van der Waals surface area contributed by atoms with Gasteiger partial charge in [0.25, 0.3) is 5.91 Å². The van der Waals surface area contributed by atoms with E-state index in [0.717, 1.165) is 11.5 Å². The van der Waals surface area contributed by atoms with Gasteiger partial charge in [0.2, 0.25) is 0 Å². The van der Waals surface area contributed by atoms with Crippen molar-refractivity contribution in [1.82, 2.24) is 14.9 Å². The molecule has 7 heteroatoms. The lowest BCUT2D eigenvalue weighted by Crippen LogP contribution is -2.47. The lowest BCUT2D eigenvalue weighted by Gasteiger charge is -2.25. The number of amides is 1. The molecule has 1 aromatic heterocycles. The van der Waals surface area contributed by atoms with E-state index in [0.29, 0.717) is 30.0 Å². The molecule has 0 aromatic carbocycles. The summed E-state index contributed by atoms with van der Waals surface area (Å²) in [6.07, 6.45) is 0.946. The lowest BCUT2D eigenvalue weighted by molar-refractivity contribution is -0.0251. The van der Waals surface area contributed by atoms with Gasteiger partial charge >= 0.3 is 0 Å². The van der Waals surface area contributed by atoms with E-state index in [-0.39, 0.29) is 18.6 Å². The number of rotatable bonds is 4. The maximum Gasteiger partial charge on any atom is 0.265 e. The molecule has 1 fully saturated rings. The van der Waals surface area contributed by atoms with E-state index < -0.39 is 5.60 Å². The van der Waals surface area contributed by atoms with Crippen molar-refractivity contribution in [1.29, 1.82) is 0 Å². The molecule has 2 heterocycles. The highest BCUT2D eigenvalue weighted by Crippen LogP contribution is 2.25. The van der Waals surface area contributed by atoms with Crippen LogP contribution in [0.5, 0.6) is 0 Å². The number of hydrogen-bond acceptors (Lipinski definition) is 6. The van der Waals surface area contributed by atoms with E-state index in [4.69, 9.17) is 4.74 Å². The van der Waals surface area contributed by atoms with Crippen molar-refractivity contribution in [3.8, 4) is 0 Å². The minimum Gasteiger partial charge on any atom is -0.385 e. The second kappa shape index (κ2) is 5.29. The maximum atomic E-state index is 12.0. The molecular weight excluding hydrogens is 254 g/mol. The zero-order valence-electron chi connectivity index (χ0n) is 10.5. The Kier molecular flexibility index (Phi) is 3.94. The van der Waals surface area contributed by atoms with E-state index in [1.807, 2.05) is 13.8 Å². The van der Waals surface area contributed by atoms with Crippen molar-refractivity contribution < 1.29 is 14.6 Å². The summed E-state index contributed by atoms with van der Waals surface area (Å²) in [5.41, 5.74) is -0.277. The number of hydrogen-bond donors (Lipinski definition) is 2. The first-order valence-electron chi connectivity index (χ1n) is 6.00. The van der Waals surface area contributed by atoms with Gasteiger partial charge in [-0.2, -0.15) is 0 Å². The summed E-state index contributed by atoms with van der Waals surface area (Å²) in [7, 11) is 0. The zero-order valence-corrected chi connectivity index (χ0v) is 11.3. The predicted molar refractivity (Wildman–Crippen MR) is 66.6 cm³/mol. The molecule has 0 saturated carbocycles. The molecule has 2 N–H and O–H groups in total. The molecule has 100 valence electrons. The Morgan fingerprint density at radius 1 is 1.72 bits per heavy atom. The number of nitrogens with zero attached hydrogens (tertiary/aromatic N) is 2. The third-order valence-corrected chi connectivity index (χ3v) is 4.08. The summed E-state index contributed by atoms with van der Waals surface area (Å²) in [4.78, 5) is 12.5. The van der Waals surface area contributed by atoms with Gasteiger partial charge in [-0.3, -0.25) is 4.79 Å². The van der Waals surface area contributed by atoms with Gasteiger partial charge in [0, 0.05) is 19.6 Å². The highest BCUT2D eigenvalue weighted by Gasteiger charge is 2.39. The van der Waals surface area contributed by atoms with Crippen LogP contribution in [0.3, 0.4) is 0 Å². The van der Waals surface area contributed by atoms with Crippen molar-refractivity contribution in [3.63, 3.8) is 0 Å². The van der Waals surface area contributed by atoms with Crippen molar-refractivity contribution >= 4 is 17.4 Å². The minimum atomic E-state index is -0.972. The molecular formula is C11H17N3O3S. The normalized spacial score (nSPS) is 27.4. The predicted octanol–water partition coefficient (Wildman–Crippen LogP) is 0.370. The molecule has 1 aliphatic rings. The van der Waals surface area contributed by atoms with Crippen molar-refractivity contribution in [3.05, 3.63) is 10.6 Å². The van der Waals surface area contributed by atoms with Crippen molar-refractivity contribution in [2.45, 2.75) is 38.4 Å². The Bertz CT molecular complexity index is 437. The average Bonchev–Trinajstić information content (AvgIpc) is 2.95. The van der Waals surface area contributed by atoms with Crippen LogP contribution in [0, 0.1) is 0 Å². The molecule has 1 aromatic rings. The fourth-order valence-electron chi connectivity index (χ4n) is 1.93. The summed E-state index contributed by atoms with van der Waals surface area (Å²) in [5.74, 6) is -0.227. The van der Waals surface area contributed by atoms with E-state index >= 15 is 0 Å². The van der Waals surface area contributed by atoms with Crippen LogP contribution in [0.1, 0.15) is 35.6 Å². The Balaban J connectivity index is 1.96. The van der Waals surface area contributed by atoms with Gasteiger partial charge in [0.15, 0.2) is 0 Å². The smallest absolute Gasteiger partial charge is 0.265 e. The van der Waals surface area contributed by atoms with Crippen LogP contribution in [0.2, 0.25) is 0 Å². The van der Waals surface area contributed by atoms with Crippen LogP contribution >= 0.6 is 11.5 Å². The molecule has 0 spiro atoms. The van der Waals surface area contributed by atoms with Gasteiger partial charge in [-0.15, -0.1) is 5.10 Å².